The van der Waals surface area contributed by atoms with E-state index in [9.17, 15) is 0 Å². The Morgan fingerprint density at radius 2 is 1.71 bits per heavy atom. The predicted octanol–water partition coefficient (Wildman–Crippen LogP) is 5.14. The monoisotopic (exact) mass is 381 g/mol. The van der Waals surface area contributed by atoms with Gasteiger partial charge >= 0.3 is 0 Å². The van der Waals surface area contributed by atoms with Gasteiger partial charge in [-0.3, -0.25) is 4.57 Å². The van der Waals surface area contributed by atoms with Gasteiger partial charge in [0, 0.05) is 11.3 Å². The van der Waals surface area contributed by atoms with Gasteiger partial charge < -0.3 is 0 Å². The molecule has 0 aliphatic heterocycles. The highest BCUT2D eigenvalue weighted by Gasteiger charge is 2.15. The fraction of sp³-hybridized carbons (Fsp3) is 0.0667. The zero-order valence-corrected chi connectivity index (χ0v) is 13.9. The smallest absolute Gasteiger partial charge is 0.168 e. The number of para-hydroxylation sites is 1. The van der Waals surface area contributed by atoms with Crippen molar-refractivity contribution in [2.45, 2.75) is 5.33 Å². The molecule has 1 aromatic heterocycles. The van der Waals surface area contributed by atoms with Crippen LogP contribution in [0, 0.1) is 0 Å². The third-order valence-electron chi connectivity index (χ3n) is 3.04. The first-order valence-electron chi connectivity index (χ1n) is 6.22. The van der Waals surface area contributed by atoms with Gasteiger partial charge in [-0.1, -0.05) is 57.3 Å². The average molecular weight is 383 g/mol. The van der Waals surface area contributed by atoms with Crippen LogP contribution in [-0.2, 0) is 5.33 Å². The van der Waals surface area contributed by atoms with Gasteiger partial charge in [-0.05, 0) is 30.3 Å². The van der Waals surface area contributed by atoms with E-state index in [1.807, 2.05) is 41.0 Å². The van der Waals surface area contributed by atoms with Crippen LogP contribution < -0.4 is 0 Å². The molecule has 3 nitrogen and oxygen atoms in total. The molecular weight excluding hydrogens is 373 g/mol. The van der Waals surface area contributed by atoms with E-state index in [1.54, 1.807) is 12.1 Å². The van der Waals surface area contributed by atoms with Gasteiger partial charge in [0.05, 0.1) is 15.4 Å². The molecule has 6 heteroatoms. The fourth-order valence-electron chi connectivity index (χ4n) is 2.07. The largest absolute Gasteiger partial charge is 0.278 e. The van der Waals surface area contributed by atoms with Gasteiger partial charge in [0.2, 0.25) is 0 Å². The van der Waals surface area contributed by atoms with Crippen LogP contribution in [0.25, 0.3) is 17.1 Å². The summed E-state index contributed by atoms with van der Waals surface area (Å²) in [4.78, 5) is 0. The average Bonchev–Trinajstić information content (AvgIpc) is 2.95. The van der Waals surface area contributed by atoms with E-state index in [4.69, 9.17) is 23.2 Å². The molecule has 21 heavy (non-hydrogen) atoms. The summed E-state index contributed by atoms with van der Waals surface area (Å²) in [6, 6.07) is 15.4. The van der Waals surface area contributed by atoms with Gasteiger partial charge in [0.15, 0.2) is 5.82 Å². The van der Waals surface area contributed by atoms with Crippen LogP contribution in [0.4, 0.5) is 0 Å². The summed E-state index contributed by atoms with van der Waals surface area (Å²) in [5.74, 6) is 1.55. The molecule has 106 valence electrons. The summed E-state index contributed by atoms with van der Waals surface area (Å²) in [5.41, 5.74) is 1.87. The van der Waals surface area contributed by atoms with Crippen molar-refractivity contribution in [2.75, 3.05) is 0 Å². The van der Waals surface area contributed by atoms with Crippen molar-refractivity contribution in [3.05, 3.63) is 64.4 Å². The van der Waals surface area contributed by atoms with Crippen molar-refractivity contribution in [1.82, 2.24) is 14.8 Å². The van der Waals surface area contributed by atoms with E-state index in [-0.39, 0.29) is 0 Å². The van der Waals surface area contributed by atoms with Crippen LogP contribution in [0.5, 0.6) is 0 Å². The van der Waals surface area contributed by atoms with Crippen molar-refractivity contribution in [2.24, 2.45) is 0 Å². The molecule has 2 aromatic carbocycles. The lowest BCUT2D eigenvalue weighted by molar-refractivity contribution is 0.962. The third kappa shape index (κ3) is 2.84. The van der Waals surface area contributed by atoms with Crippen LogP contribution in [0.2, 0.25) is 10.0 Å². The predicted molar refractivity (Wildman–Crippen MR) is 89.4 cm³/mol. The number of aromatic nitrogens is 3. The Balaban J connectivity index is 2.20. The number of rotatable bonds is 3. The summed E-state index contributed by atoms with van der Waals surface area (Å²) in [5, 5.41) is 10.1. The molecule has 0 bridgehead atoms. The van der Waals surface area contributed by atoms with E-state index >= 15 is 0 Å². The zero-order chi connectivity index (χ0) is 14.8. The first-order valence-corrected chi connectivity index (χ1v) is 8.09. The molecule has 3 rings (SSSR count). The molecular formula is C15H10BrCl2N3. The molecule has 0 spiro atoms. The lowest BCUT2D eigenvalue weighted by Crippen LogP contribution is -2.01. The Bertz CT molecular complexity index is 772. The van der Waals surface area contributed by atoms with E-state index in [1.165, 1.54) is 0 Å². The van der Waals surface area contributed by atoms with Crippen LogP contribution >= 0.6 is 39.1 Å². The van der Waals surface area contributed by atoms with E-state index in [0.717, 1.165) is 22.9 Å². The summed E-state index contributed by atoms with van der Waals surface area (Å²) in [6.45, 7) is 0. The Hall–Kier alpha value is -1.36. The van der Waals surface area contributed by atoms with E-state index < -0.39 is 0 Å². The van der Waals surface area contributed by atoms with Crippen LogP contribution in [0.1, 0.15) is 5.82 Å². The Morgan fingerprint density at radius 3 is 2.38 bits per heavy atom. The number of halogens is 3. The highest BCUT2D eigenvalue weighted by Crippen LogP contribution is 2.29. The molecule has 0 aliphatic rings. The Morgan fingerprint density at radius 1 is 0.952 bits per heavy atom. The Kier molecular flexibility index (Phi) is 4.29. The maximum atomic E-state index is 6.10. The van der Waals surface area contributed by atoms with Gasteiger partial charge in [-0.25, -0.2) is 0 Å². The van der Waals surface area contributed by atoms with Crippen molar-refractivity contribution in [1.29, 1.82) is 0 Å². The van der Waals surface area contributed by atoms with Gasteiger partial charge in [0.25, 0.3) is 0 Å². The number of nitrogens with zero attached hydrogens (tertiary/aromatic N) is 3. The molecule has 0 saturated carbocycles. The molecule has 3 aromatic rings. The maximum absolute atomic E-state index is 6.10. The van der Waals surface area contributed by atoms with Crippen molar-refractivity contribution >= 4 is 39.1 Å². The molecule has 0 radical (unpaired) electrons. The molecule has 0 saturated heterocycles. The fourth-order valence-corrected chi connectivity index (χ4v) is 2.73. The second-order valence-corrected chi connectivity index (χ2v) is 5.75. The molecule has 0 aliphatic carbocycles. The zero-order valence-electron chi connectivity index (χ0n) is 10.8. The highest BCUT2D eigenvalue weighted by atomic mass is 79.9. The van der Waals surface area contributed by atoms with Crippen LogP contribution in [0.3, 0.4) is 0 Å². The number of hydrogen-bond donors (Lipinski definition) is 0. The summed E-state index contributed by atoms with van der Waals surface area (Å²) in [7, 11) is 0. The standard InChI is InChI=1S/C15H10BrCl2N3/c16-9-14-19-20-15(10-6-7-12(17)13(18)8-10)21(14)11-4-2-1-3-5-11/h1-8H,9H2. The quantitative estimate of drug-likeness (QED) is 0.587. The summed E-state index contributed by atoms with van der Waals surface area (Å²) >= 11 is 15.5. The normalized spacial score (nSPS) is 10.8. The lowest BCUT2D eigenvalue weighted by atomic mass is 10.2. The molecule has 0 unspecified atom stereocenters. The second kappa shape index (κ2) is 6.18. The number of benzene rings is 2. The third-order valence-corrected chi connectivity index (χ3v) is 4.28. The molecule has 0 amide bonds. The SMILES string of the molecule is Clc1ccc(-c2nnc(CBr)n2-c2ccccc2)cc1Cl. The number of alkyl halides is 1. The molecule has 0 atom stereocenters. The van der Waals surface area contributed by atoms with Crippen LogP contribution in [-0.4, -0.2) is 14.8 Å². The van der Waals surface area contributed by atoms with Crippen molar-refractivity contribution < 1.29 is 0 Å². The lowest BCUT2D eigenvalue weighted by Gasteiger charge is -2.09. The minimum atomic E-state index is 0.497. The minimum absolute atomic E-state index is 0.497. The molecule has 1 heterocycles. The van der Waals surface area contributed by atoms with Crippen molar-refractivity contribution in [3.63, 3.8) is 0 Å². The molecule has 0 fully saturated rings. The van der Waals surface area contributed by atoms with Crippen LogP contribution in [0.15, 0.2) is 48.5 Å². The molecule has 0 N–H and O–H groups in total. The summed E-state index contributed by atoms with van der Waals surface area (Å²) in [6.07, 6.45) is 0. The van der Waals surface area contributed by atoms with Gasteiger partial charge in [-0.15, -0.1) is 10.2 Å². The number of hydrogen-bond acceptors (Lipinski definition) is 2. The van der Waals surface area contributed by atoms with E-state index in [0.29, 0.717) is 15.4 Å². The highest BCUT2D eigenvalue weighted by molar-refractivity contribution is 9.08. The van der Waals surface area contributed by atoms with Gasteiger partial charge in [0.1, 0.15) is 5.82 Å². The first-order chi connectivity index (χ1) is 10.2. The van der Waals surface area contributed by atoms with Crippen molar-refractivity contribution in [3.8, 4) is 17.1 Å². The second-order valence-electron chi connectivity index (χ2n) is 4.37. The Labute approximate surface area is 140 Å². The van der Waals surface area contributed by atoms with E-state index in [2.05, 4.69) is 26.1 Å². The topological polar surface area (TPSA) is 30.7 Å². The summed E-state index contributed by atoms with van der Waals surface area (Å²) < 4.78 is 1.99. The first kappa shape index (κ1) is 14.6. The minimum Gasteiger partial charge on any atom is -0.278 e. The van der Waals surface area contributed by atoms with Gasteiger partial charge in [-0.2, -0.15) is 0 Å². The maximum Gasteiger partial charge on any atom is 0.168 e.